The fourth-order valence-electron chi connectivity index (χ4n) is 3.02. The molecular weight excluding hydrogens is 344 g/mol. The Labute approximate surface area is 157 Å². The van der Waals surface area contributed by atoms with Crippen molar-refractivity contribution >= 4 is 5.91 Å². The number of hydrogen-bond donors (Lipinski definition) is 2. The normalized spacial score (nSPS) is 16.6. The molecule has 1 aromatic heterocycles. The third-order valence-electron chi connectivity index (χ3n) is 5.11. The topological polar surface area (TPSA) is 97.0 Å². The van der Waals surface area contributed by atoms with Crippen molar-refractivity contribution in [2.75, 3.05) is 6.61 Å². The van der Waals surface area contributed by atoms with Crippen molar-refractivity contribution in [3.8, 4) is 17.1 Å². The van der Waals surface area contributed by atoms with Crippen LogP contribution in [0.3, 0.4) is 0 Å². The molecule has 7 nitrogen and oxygen atoms in total. The highest BCUT2D eigenvalue weighted by molar-refractivity contribution is 5.76. The van der Waals surface area contributed by atoms with E-state index >= 15 is 0 Å². The van der Waals surface area contributed by atoms with Crippen molar-refractivity contribution in [3.63, 3.8) is 0 Å². The van der Waals surface area contributed by atoms with E-state index in [0.29, 0.717) is 17.8 Å². The average molecular weight is 368 g/mol. The smallest absolute Gasteiger partial charge is 0.273 e. The lowest BCUT2D eigenvalue weighted by Crippen LogP contribution is -2.27. The summed E-state index contributed by atoms with van der Waals surface area (Å²) in [4.78, 5) is 26.8. The van der Waals surface area contributed by atoms with Crippen LogP contribution in [-0.2, 0) is 11.2 Å². The maximum atomic E-state index is 12.3. The van der Waals surface area contributed by atoms with E-state index in [0.717, 1.165) is 30.8 Å². The molecule has 2 aromatic rings. The van der Waals surface area contributed by atoms with Crippen molar-refractivity contribution in [1.82, 2.24) is 20.5 Å². The molecule has 2 saturated carbocycles. The van der Waals surface area contributed by atoms with E-state index in [9.17, 15) is 9.59 Å². The number of carbonyl (C=O) groups is 1. The number of nitrogens with zero attached hydrogens (tertiary/aromatic N) is 2. The lowest BCUT2D eigenvalue weighted by Gasteiger charge is -2.25. The highest BCUT2D eigenvalue weighted by Crippen LogP contribution is 2.28. The van der Waals surface area contributed by atoms with Gasteiger partial charge in [-0.25, -0.2) is 0 Å². The predicted molar refractivity (Wildman–Crippen MR) is 100 cm³/mol. The number of aryl methyl sites for hydroxylation is 1. The van der Waals surface area contributed by atoms with Crippen LogP contribution in [0.25, 0.3) is 11.4 Å². The first kappa shape index (κ1) is 17.7. The first-order chi connectivity index (χ1) is 13.2. The molecule has 2 aliphatic carbocycles. The van der Waals surface area contributed by atoms with Crippen molar-refractivity contribution in [1.29, 1.82) is 0 Å². The second-order valence-electron chi connectivity index (χ2n) is 7.43. The average Bonchev–Trinajstić information content (AvgIpc) is 3.43. The number of nitrogens with one attached hydrogen (secondary N) is 2. The molecule has 0 atom stereocenters. The van der Waals surface area contributed by atoms with Gasteiger partial charge in [-0.05, 0) is 43.7 Å². The number of aromatic nitrogens is 3. The van der Waals surface area contributed by atoms with Gasteiger partial charge >= 0.3 is 0 Å². The van der Waals surface area contributed by atoms with E-state index in [1.165, 1.54) is 19.3 Å². The fourth-order valence-corrected chi connectivity index (χ4v) is 3.02. The minimum Gasteiger partial charge on any atom is -0.493 e. The molecule has 0 radical (unpaired) electrons. The van der Waals surface area contributed by atoms with Gasteiger partial charge in [-0.15, -0.1) is 10.2 Å². The predicted octanol–water partition coefficient (Wildman–Crippen LogP) is 2.22. The number of rotatable bonds is 8. The second kappa shape index (κ2) is 7.90. The number of amides is 1. The first-order valence-corrected chi connectivity index (χ1v) is 9.66. The molecule has 7 heteroatoms. The second-order valence-corrected chi connectivity index (χ2v) is 7.43. The maximum absolute atomic E-state index is 12.3. The van der Waals surface area contributed by atoms with Crippen LogP contribution >= 0.6 is 0 Å². The van der Waals surface area contributed by atoms with Gasteiger partial charge in [0.15, 0.2) is 5.82 Å². The van der Waals surface area contributed by atoms with Gasteiger partial charge in [-0.1, -0.05) is 18.6 Å². The molecule has 2 aliphatic rings. The van der Waals surface area contributed by atoms with E-state index in [2.05, 4.69) is 20.5 Å². The van der Waals surface area contributed by atoms with Crippen LogP contribution in [0.2, 0.25) is 0 Å². The molecule has 2 fully saturated rings. The summed E-state index contributed by atoms with van der Waals surface area (Å²) in [6.07, 6.45) is 6.38. The van der Waals surface area contributed by atoms with Crippen molar-refractivity contribution < 1.29 is 9.53 Å². The van der Waals surface area contributed by atoms with E-state index < -0.39 is 0 Å². The SMILES string of the molecule is O=C(CCc1nnc(-c2cccc(OCC3CCC3)c2)[nH]c1=O)NC1CC1. The Bertz CT molecular complexity index is 872. The van der Waals surface area contributed by atoms with Crippen LogP contribution in [0.4, 0.5) is 0 Å². The Hall–Kier alpha value is -2.70. The summed E-state index contributed by atoms with van der Waals surface area (Å²) in [5, 5.41) is 11.1. The monoisotopic (exact) mass is 368 g/mol. The van der Waals surface area contributed by atoms with Gasteiger partial charge in [0, 0.05) is 24.4 Å². The van der Waals surface area contributed by atoms with E-state index in [4.69, 9.17) is 4.74 Å². The van der Waals surface area contributed by atoms with Crippen LogP contribution in [0.1, 0.15) is 44.2 Å². The Balaban J connectivity index is 1.38. The standard InChI is InChI=1S/C20H24N4O3/c25-18(21-15-7-8-15)10-9-17-20(26)22-19(24-23-17)14-5-2-6-16(11-14)27-12-13-3-1-4-13/h2,5-6,11,13,15H,1,3-4,7-10,12H2,(H,21,25)(H,22,24,26). The molecule has 1 aromatic carbocycles. The van der Waals surface area contributed by atoms with E-state index in [1.807, 2.05) is 24.3 Å². The van der Waals surface area contributed by atoms with Gasteiger partial charge in [0.2, 0.25) is 5.91 Å². The third-order valence-corrected chi connectivity index (χ3v) is 5.11. The van der Waals surface area contributed by atoms with Crippen LogP contribution in [-0.4, -0.2) is 33.7 Å². The quantitative estimate of drug-likeness (QED) is 0.745. The number of benzene rings is 1. The lowest BCUT2D eigenvalue weighted by atomic mass is 9.86. The van der Waals surface area contributed by atoms with Gasteiger partial charge in [-0.3, -0.25) is 9.59 Å². The van der Waals surface area contributed by atoms with E-state index in [1.54, 1.807) is 0 Å². The molecule has 1 amide bonds. The van der Waals surface area contributed by atoms with Crippen LogP contribution in [0.15, 0.2) is 29.1 Å². The highest BCUT2D eigenvalue weighted by Gasteiger charge is 2.23. The molecule has 0 aliphatic heterocycles. The van der Waals surface area contributed by atoms with Crippen molar-refractivity contribution in [3.05, 3.63) is 40.3 Å². The summed E-state index contributed by atoms with van der Waals surface area (Å²) < 4.78 is 5.84. The van der Waals surface area contributed by atoms with Gasteiger partial charge in [0.1, 0.15) is 11.4 Å². The zero-order valence-electron chi connectivity index (χ0n) is 15.2. The fraction of sp³-hybridized carbons (Fsp3) is 0.500. The Morgan fingerprint density at radius 3 is 2.78 bits per heavy atom. The van der Waals surface area contributed by atoms with Crippen molar-refractivity contribution in [2.24, 2.45) is 5.92 Å². The molecule has 0 spiro atoms. The highest BCUT2D eigenvalue weighted by atomic mass is 16.5. The first-order valence-electron chi connectivity index (χ1n) is 9.66. The van der Waals surface area contributed by atoms with Crippen LogP contribution in [0, 0.1) is 5.92 Å². The minimum absolute atomic E-state index is 0.0425. The molecule has 1 heterocycles. The van der Waals surface area contributed by atoms with Crippen molar-refractivity contribution in [2.45, 2.75) is 51.0 Å². The molecule has 2 N–H and O–H groups in total. The molecule has 142 valence electrons. The molecule has 27 heavy (non-hydrogen) atoms. The van der Waals surface area contributed by atoms with Crippen LogP contribution in [0.5, 0.6) is 5.75 Å². The summed E-state index contributed by atoms with van der Waals surface area (Å²) in [6, 6.07) is 7.82. The Morgan fingerprint density at radius 2 is 2.07 bits per heavy atom. The summed E-state index contributed by atoms with van der Waals surface area (Å²) in [7, 11) is 0. The number of carbonyl (C=O) groups excluding carboxylic acids is 1. The molecule has 4 rings (SSSR count). The number of aromatic amines is 1. The third kappa shape index (κ3) is 4.72. The van der Waals surface area contributed by atoms with E-state index in [-0.39, 0.29) is 30.0 Å². The number of H-pyrrole nitrogens is 1. The molecular formula is C20H24N4O3. The van der Waals surface area contributed by atoms with Gasteiger partial charge in [0.25, 0.3) is 5.56 Å². The number of ether oxygens (including phenoxy) is 1. The summed E-state index contributed by atoms with van der Waals surface area (Å²) in [6.45, 7) is 0.730. The number of hydrogen-bond acceptors (Lipinski definition) is 5. The van der Waals surface area contributed by atoms with Gasteiger partial charge < -0.3 is 15.0 Å². The Kier molecular flexibility index (Phi) is 5.18. The molecule has 0 bridgehead atoms. The summed E-state index contributed by atoms with van der Waals surface area (Å²) >= 11 is 0. The zero-order chi connectivity index (χ0) is 18.6. The van der Waals surface area contributed by atoms with Gasteiger partial charge in [-0.2, -0.15) is 0 Å². The maximum Gasteiger partial charge on any atom is 0.273 e. The molecule has 0 unspecified atom stereocenters. The van der Waals surface area contributed by atoms with Gasteiger partial charge in [0.05, 0.1) is 6.61 Å². The minimum atomic E-state index is -0.306. The van der Waals surface area contributed by atoms with Crippen LogP contribution < -0.4 is 15.6 Å². The molecule has 0 saturated heterocycles. The Morgan fingerprint density at radius 1 is 1.22 bits per heavy atom. The summed E-state index contributed by atoms with van der Waals surface area (Å²) in [5.41, 5.74) is 0.728. The lowest BCUT2D eigenvalue weighted by molar-refractivity contribution is -0.121. The summed E-state index contributed by atoms with van der Waals surface area (Å²) in [5.74, 6) is 1.78. The largest absolute Gasteiger partial charge is 0.493 e. The zero-order valence-corrected chi connectivity index (χ0v) is 15.2.